The number of urea groups is 1. The summed E-state index contributed by atoms with van der Waals surface area (Å²) < 4.78 is 5.26. The number of anilines is 1. The van der Waals surface area contributed by atoms with Gasteiger partial charge in [-0.15, -0.1) is 0 Å². The van der Waals surface area contributed by atoms with Crippen LogP contribution in [0, 0.1) is 0 Å². The summed E-state index contributed by atoms with van der Waals surface area (Å²) in [6, 6.07) is 6.66. The Hall–Kier alpha value is -2.54. The third-order valence-corrected chi connectivity index (χ3v) is 4.87. The Bertz CT molecular complexity index is 746. The van der Waals surface area contributed by atoms with E-state index in [9.17, 15) is 9.59 Å². The molecule has 2 aromatic rings. The molecule has 0 aliphatic carbocycles. The summed E-state index contributed by atoms with van der Waals surface area (Å²) in [6.07, 6.45) is 1.91. The number of likely N-dealkylation sites (tertiary alicyclic amines) is 1. The van der Waals surface area contributed by atoms with Crippen LogP contribution < -0.4 is 15.8 Å². The number of hydrogen-bond acceptors (Lipinski definition) is 4. The van der Waals surface area contributed by atoms with Gasteiger partial charge in [-0.3, -0.25) is 4.79 Å². The van der Waals surface area contributed by atoms with Crippen LogP contribution >= 0.6 is 11.3 Å². The van der Waals surface area contributed by atoms with E-state index in [-0.39, 0.29) is 12.1 Å². The molecule has 24 heavy (non-hydrogen) atoms. The topological polar surface area (TPSA) is 84.7 Å². The summed E-state index contributed by atoms with van der Waals surface area (Å²) in [5, 5.41) is 6.94. The van der Waals surface area contributed by atoms with Crippen molar-refractivity contribution in [2.75, 3.05) is 19.0 Å². The minimum Gasteiger partial charge on any atom is -0.495 e. The van der Waals surface area contributed by atoms with Gasteiger partial charge in [0.05, 0.1) is 18.8 Å². The summed E-state index contributed by atoms with van der Waals surface area (Å²) in [5.74, 6) is -0.0647. The molecule has 1 fully saturated rings. The van der Waals surface area contributed by atoms with Crippen molar-refractivity contribution < 1.29 is 14.3 Å². The van der Waals surface area contributed by atoms with Gasteiger partial charge in [0.2, 0.25) is 5.91 Å². The molecule has 0 bridgehead atoms. The van der Waals surface area contributed by atoms with Crippen molar-refractivity contribution in [1.82, 2.24) is 4.90 Å². The number of nitrogens with zero attached hydrogens (tertiary/aromatic N) is 1. The first kappa shape index (κ1) is 16.3. The molecule has 1 aliphatic heterocycles. The van der Waals surface area contributed by atoms with E-state index in [0.717, 1.165) is 18.4 Å². The molecule has 0 saturated carbocycles. The van der Waals surface area contributed by atoms with E-state index in [1.54, 1.807) is 23.5 Å². The first-order valence-corrected chi connectivity index (χ1v) is 8.62. The monoisotopic (exact) mass is 345 g/mol. The van der Waals surface area contributed by atoms with Crippen LogP contribution in [0.15, 0.2) is 35.0 Å². The lowest BCUT2D eigenvalue weighted by atomic mass is 10.1. The fourth-order valence-electron chi connectivity index (χ4n) is 2.97. The van der Waals surface area contributed by atoms with Crippen molar-refractivity contribution >= 4 is 29.0 Å². The zero-order valence-electron chi connectivity index (χ0n) is 13.3. The van der Waals surface area contributed by atoms with Crippen molar-refractivity contribution in [3.05, 3.63) is 46.2 Å². The van der Waals surface area contributed by atoms with Gasteiger partial charge in [0.25, 0.3) is 0 Å². The van der Waals surface area contributed by atoms with Crippen LogP contribution in [0.2, 0.25) is 0 Å². The van der Waals surface area contributed by atoms with E-state index in [0.29, 0.717) is 23.5 Å². The predicted molar refractivity (Wildman–Crippen MR) is 93.5 cm³/mol. The molecule has 0 unspecified atom stereocenters. The van der Waals surface area contributed by atoms with Gasteiger partial charge in [0.1, 0.15) is 5.75 Å². The van der Waals surface area contributed by atoms with Gasteiger partial charge in [-0.1, -0.05) is 0 Å². The first-order chi connectivity index (χ1) is 11.6. The molecule has 1 atom stereocenters. The molecule has 7 heteroatoms. The van der Waals surface area contributed by atoms with E-state index in [2.05, 4.69) is 16.8 Å². The van der Waals surface area contributed by atoms with Crippen molar-refractivity contribution in [3.63, 3.8) is 0 Å². The van der Waals surface area contributed by atoms with E-state index >= 15 is 0 Å². The molecule has 126 valence electrons. The number of nitrogens with one attached hydrogen (secondary N) is 1. The number of methoxy groups -OCH3 is 1. The lowest BCUT2D eigenvalue weighted by molar-refractivity contribution is 0.1000. The second-order valence-corrected chi connectivity index (χ2v) is 6.40. The quantitative estimate of drug-likeness (QED) is 0.892. The van der Waals surface area contributed by atoms with Crippen molar-refractivity contribution in [2.24, 2.45) is 5.73 Å². The highest BCUT2D eigenvalue weighted by Gasteiger charge is 2.30. The average molecular weight is 345 g/mol. The molecule has 1 saturated heterocycles. The second-order valence-electron chi connectivity index (χ2n) is 5.62. The van der Waals surface area contributed by atoms with Crippen molar-refractivity contribution in [2.45, 2.75) is 18.9 Å². The minimum absolute atomic E-state index is 0.0848. The number of thiophene rings is 1. The summed E-state index contributed by atoms with van der Waals surface area (Å²) >= 11 is 1.63. The Morgan fingerprint density at radius 1 is 1.38 bits per heavy atom. The summed E-state index contributed by atoms with van der Waals surface area (Å²) in [7, 11) is 1.51. The maximum atomic E-state index is 12.7. The highest BCUT2D eigenvalue weighted by Crippen LogP contribution is 2.34. The average Bonchev–Trinajstić information content (AvgIpc) is 3.25. The van der Waals surface area contributed by atoms with E-state index < -0.39 is 5.91 Å². The van der Waals surface area contributed by atoms with Gasteiger partial charge in [-0.2, -0.15) is 11.3 Å². The van der Waals surface area contributed by atoms with Gasteiger partial charge < -0.3 is 20.7 Å². The molecule has 3 amide bonds. The number of benzene rings is 1. The van der Waals surface area contributed by atoms with E-state index in [1.165, 1.54) is 13.2 Å². The molecule has 2 heterocycles. The number of amides is 3. The summed E-state index contributed by atoms with van der Waals surface area (Å²) in [4.78, 5) is 25.9. The lowest BCUT2D eigenvalue weighted by Gasteiger charge is -2.25. The Labute approximate surface area is 144 Å². The molecular formula is C17H19N3O3S. The second kappa shape index (κ2) is 6.92. The number of ether oxygens (including phenoxy) is 1. The fraction of sp³-hybridized carbons (Fsp3) is 0.294. The molecule has 1 aromatic heterocycles. The zero-order valence-corrected chi connectivity index (χ0v) is 14.1. The normalized spacial score (nSPS) is 16.9. The van der Waals surface area contributed by atoms with Gasteiger partial charge >= 0.3 is 6.03 Å². The molecule has 3 N–H and O–H groups in total. The molecule has 0 spiro atoms. The SMILES string of the molecule is COc1ccc(C(N)=O)cc1NC(=O)N1CCC[C@@H]1c1ccsc1. The zero-order chi connectivity index (χ0) is 17.1. The molecule has 1 aromatic carbocycles. The third-order valence-electron chi connectivity index (χ3n) is 4.17. The molecule has 3 rings (SSSR count). The number of carbonyl (C=O) groups is 2. The number of hydrogen-bond donors (Lipinski definition) is 2. The number of nitrogens with two attached hydrogens (primary N) is 1. The molecule has 6 nitrogen and oxygen atoms in total. The van der Waals surface area contributed by atoms with Crippen LogP contribution in [0.4, 0.5) is 10.5 Å². The molecular weight excluding hydrogens is 326 g/mol. The Morgan fingerprint density at radius 2 is 2.21 bits per heavy atom. The fourth-order valence-corrected chi connectivity index (χ4v) is 3.67. The summed E-state index contributed by atoms with van der Waals surface area (Å²) in [6.45, 7) is 0.699. The Kier molecular flexibility index (Phi) is 4.71. The van der Waals surface area contributed by atoms with Crippen molar-refractivity contribution in [3.8, 4) is 5.75 Å². The predicted octanol–water partition coefficient (Wildman–Crippen LogP) is 3.22. The minimum atomic E-state index is -0.550. The van der Waals surface area contributed by atoms with Crippen LogP contribution in [0.1, 0.15) is 34.8 Å². The van der Waals surface area contributed by atoms with Gasteiger partial charge in [0.15, 0.2) is 0 Å². The molecule has 0 radical (unpaired) electrons. The van der Waals surface area contributed by atoms with Crippen LogP contribution in [0.25, 0.3) is 0 Å². The maximum Gasteiger partial charge on any atom is 0.322 e. The Balaban J connectivity index is 1.81. The summed E-state index contributed by atoms with van der Waals surface area (Å²) in [5.41, 5.74) is 7.23. The van der Waals surface area contributed by atoms with Crippen LogP contribution in [0.3, 0.4) is 0 Å². The van der Waals surface area contributed by atoms with Crippen LogP contribution in [-0.2, 0) is 0 Å². The lowest BCUT2D eigenvalue weighted by Crippen LogP contribution is -2.34. The third kappa shape index (κ3) is 3.21. The smallest absolute Gasteiger partial charge is 0.322 e. The van der Waals surface area contributed by atoms with Crippen LogP contribution in [0.5, 0.6) is 5.75 Å². The number of primary amides is 1. The van der Waals surface area contributed by atoms with Gasteiger partial charge in [0, 0.05) is 12.1 Å². The highest BCUT2D eigenvalue weighted by molar-refractivity contribution is 7.08. The van der Waals surface area contributed by atoms with E-state index in [4.69, 9.17) is 10.5 Å². The maximum absolute atomic E-state index is 12.7. The van der Waals surface area contributed by atoms with Crippen LogP contribution in [-0.4, -0.2) is 30.5 Å². The Morgan fingerprint density at radius 3 is 2.88 bits per heavy atom. The van der Waals surface area contributed by atoms with Gasteiger partial charge in [-0.05, 0) is 53.4 Å². The first-order valence-electron chi connectivity index (χ1n) is 7.67. The number of carbonyl (C=O) groups excluding carboxylic acids is 2. The number of rotatable bonds is 4. The van der Waals surface area contributed by atoms with Gasteiger partial charge in [-0.25, -0.2) is 4.79 Å². The van der Waals surface area contributed by atoms with Crippen molar-refractivity contribution in [1.29, 1.82) is 0 Å². The standard InChI is InChI=1S/C17H19N3O3S/c1-23-15-5-4-11(16(18)21)9-13(15)19-17(22)20-7-2-3-14(20)12-6-8-24-10-12/h4-6,8-10,14H,2-3,7H2,1H3,(H2,18,21)(H,19,22)/t14-/m1/s1. The highest BCUT2D eigenvalue weighted by atomic mass is 32.1. The molecule has 1 aliphatic rings. The van der Waals surface area contributed by atoms with E-state index in [1.807, 2.05) is 10.3 Å². The largest absolute Gasteiger partial charge is 0.495 e.